The second-order valence-electron chi connectivity index (χ2n) is 5.20. The molecular formula is C16H17F2NO3S. The van der Waals surface area contributed by atoms with Crippen LogP contribution >= 0.6 is 0 Å². The van der Waals surface area contributed by atoms with Crippen molar-refractivity contribution in [1.82, 2.24) is 4.72 Å². The molecule has 0 aliphatic rings. The lowest BCUT2D eigenvalue weighted by atomic mass is 9.95. The Labute approximate surface area is 134 Å². The van der Waals surface area contributed by atoms with E-state index in [2.05, 4.69) is 4.72 Å². The number of methoxy groups -OCH3 is 1. The molecule has 1 unspecified atom stereocenters. The van der Waals surface area contributed by atoms with Gasteiger partial charge in [-0.3, -0.25) is 0 Å². The normalized spacial score (nSPS) is 14.4. The lowest BCUT2D eigenvalue weighted by molar-refractivity contribution is 0.00410. The summed E-state index contributed by atoms with van der Waals surface area (Å²) in [5.74, 6) is -1.15. The van der Waals surface area contributed by atoms with E-state index >= 15 is 0 Å². The molecule has 0 aliphatic carbocycles. The highest BCUT2D eigenvalue weighted by Crippen LogP contribution is 2.27. The molecular weight excluding hydrogens is 324 g/mol. The minimum absolute atomic E-state index is 0.204. The van der Waals surface area contributed by atoms with E-state index in [1.54, 1.807) is 13.0 Å². The molecule has 124 valence electrons. The van der Waals surface area contributed by atoms with Crippen molar-refractivity contribution >= 4 is 10.0 Å². The lowest BCUT2D eigenvalue weighted by Crippen LogP contribution is -2.40. The fourth-order valence-electron chi connectivity index (χ4n) is 2.12. The van der Waals surface area contributed by atoms with E-state index in [1.165, 1.54) is 37.4 Å². The molecule has 23 heavy (non-hydrogen) atoms. The van der Waals surface area contributed by atoms with Gasteiger partial charge in [0.05, 0.1) is 4.90 Å². The van der Waals surface area contributed by atoms with Gasteiger partial charge in [-0.1, -0.05) is 24.3 Å². The molecule has 0 amide bonds. The molecule has 4 nitrogen and oxygen atoms in total. The number of rotatable bonds is 6. The smallest absolute Gasteiger partial charge is 0.240 e. The van der Waals surface area contributed by atoms with E-state index in [0.29, 0.717) is 0 Å². The van der Waals surface area contributed by atoms with Crippen LogP contribution in [0.5, 0.6) is 0 Å². The Balaban J connectivity index is 2.25. The molecule has 0 radical (unpaired) electrons. The van der Waals surface area contributed by atoms with E-state index in [0.717, 1.165) is 12.1 Å². The first-order valence-electron chi connectivity index (χ1n) is 6.84. The molecule has 7 heteroatoms. The molecule has 0 aromatic heterocycles. The Morgan fingerprint density at radius 1 is 1.13 bits per heavy atom. The van der Waals surface area contributed by atoms with Crippen molar-refractivity contribution in [3.8, 4) is 0 Å². The van der Waals surface area contributed by atoms with Gasteiger partial charge in [-0.25, -0.2) is 21.9 Å². The van der Waals surface area contributed by atoms with Crippen LogP contribution in [0, 0.1) is 11.6 Å². The van der Waals surface area contributed by atoms with Crippen LogP contribution < -0.4 is 4.72 Å². The van der Waals surface area contributed by atoms with Crippen LogP contribution in [0.4, 0.5) is 8.78 Å². The molecule has 0 spiro atoms. The van der Waals surface area contributed by atoms with Crippen molar-refractivity contribution in [3.05, 3.63) is 65.7 Å². The van der Waals surface area contributed by atoms with Crippen molar-refractivity contribution in [2.45, 2.75) is 17.4 Å². The quantitative estimate of drug-likeness (QED) is 0.879. The van der Waals surface area contributed by atoms with Crippen molar-refractivity contribution in [1.29, 1.82) is 0 Å². The Kier molecular flexibility index (Phi) is 5.13. The predicted octanol–water partition coefficient (Wildman–Crippen LogP) is 2.80. The minimum atomic E-state index is -3.94. The number of hydrogen-bond donors (Lipinski definition) is 1. The average Bonchev–Trinajstić information content (AvgIpc) is 2.53. The SMILES string of the molecule is COC(C)(CNS(=O)(=O)c1cccc(F)c1)c1ccccc1F. The largest absolute Gasteiger partial charge is 0.372 e. The molecule has 0 saturated carbocycles. The molecule has 0 heterocycles. The second-order valence-corrected chi connectivity index (χ2v) is 6.96. The molecule has 2 aromatic rings. The van der Waals surface area contributed by atoms with E-state index < -0.39 is 27.3 Å². The van der Waals surface area contributed by atoms with Crippen LogP contribution in [0.3, 0.4) is 0 Å². The molecule has 2 rings (SSSR count). The zero-order valence-corrected chi connectivity index (χ0v) is 13.5. The lowest BCUT2D eigenvalue weighted by Gasteiger charge is -2.29. The third-order valence-corrected chi connectivity index (χ3v) is 5.00. The summed E-state index contributed by atoms with van der Waals surface area (Å²) in [5.41, 5.74) is -0.976. The summed E-state index contributed by atoms with van der Waals surface area (Å²) in [6.45, 7) is 1.36. The second kappa shape index (κ2) is 6.74. The monoisotopic (exact) mass is 341 g/mol. The molecule has 0 saturated heterocycles. The molecule has 0 bridgehead atoms. The van der Waals surface area contributed by atoms with Gasteiger partial charge in [0.2, 0.25) is 10.0 Å². The Morgan fingerprint density at radius 2 is 1.83 bits per heavy atom. The average molecular weight is 341 g/mol. The third kappa shape index (κ3) is 3.93. The zero-order chi connectivity index (χ0) is 17.1. The molecule has 1 N–H and O–H groups in total. The number of benzene rings is 2. The van der Waals surface area contributed by atoms with E-state index in [4.69, 9.17) is 4.74 Å². The van der Waals surface area contributed by atoms with Gasteiger partial charge < -0.3 is 4.74 Å². The van der Waals surface area contributed by atoms with Crippen LogP contribution in [0.2, 0.25) is 0 Å². The summed E-state index contributed by atoms with van der Waals surface area (Å²) in [6, 6.07) is 10.6. The van der Waals surface area contributed by atoms with Crippen molar-refractivity contribution in [2.24, 2.45) is 0 Å². The number of ether oxygens (including phenoxy) is 1. The maximum Gasteiger partial charge on any atom is 0.240 e. The van der Waals surface area contributed by atoms with Gasteiger partial charge in [0.1, 0.15) is 17.2 Å². The van der Waals surface area contributed by atoms with E-state index in [1.807, 2.05) is 0 Å². The number of sulfonamides is 1. The molecule has 0 fully saturated rings. The third-order valence-electron chi connectivity index (χ3n) is 3.60. The van der Waals surface area contributed by atoms with Crippen LogP contribution in [-0.4, -0.2) is 22.1 Å². The first-order chi connectivity index (χ1) is 10.8. The van der Waals surface area contributed by atoms with Crippen LogP contribution in [0.25, 0.3) is 0 Å². The zero-order valence-electron chi connectivity index (χ0n) is 12.7. The van der Waals surface area contributed by atoms with Gasteiger partial charge in [0, 0.05) is 19.2 Å². The highest BCUT2D eigenvalue weighted by molar-refractivity contribution is 7.89. The number of halogens is 2. The van der Waals surface area contributed by atoms with Gasteiger partial charge in [0.15, 0.2) is 0 Å². The maximum atomic E-state index is 14.0. The summed E-state index contributed by atoms with van der Waals surface area (Å²) >= 11 is 0. The topological polar surface area (TPSA) is 55.4 Å². The van der Waals surface area contributed by atoms with E-state index in [9.17, 15) is 17.2 Å². The molecule has 0 aliphatic heterocycles. The molecule has 2 aromatic carbocycles. The first kappa shape index (κ1) is 17.5. The summed E-state index contributed by atoms with van der Waals surface area (Å²) in [7, 11) is -2.58. The predicted molar refractivity (Wildman–Crippen MR) is 82.3 cm³/mol. The van der Waals surface area contributed by atoms with Gasteiger partial charge in [-0.05, 0) is 31.2 Å². The summed E-state index contributed by atoms with van der Waals surface area (Å²) in [5, 5.41) is 0. The number of hydrogen-bond acceptors (Lipinski definition) is 3. The van der Waals surface area contributed by atoms with Gasteiger partial charge in [-0.15, -0.1) is 0 Å². The first-order valence-corrected chi connectivity index (χ1v) is 8.32. The number of nitrogens with one attached hydrogen (secondary N) is 1. The van der Waals surface area contributed by atoms with Crippen LogP contribution in [-0.2, 0) is 20.4 Å². The Bertz CT molecular complexity index is 795. The van der Waals surface area contributed by atoms with Crippen molar-refractivity contribution < 1.29 is 21.9 Å². The van der Waals surface area contributed by atoms with Gasteiger partial charge in [-0.2, -0.15) is 0 Å². The van der Waals surface area contributed by atoms with Gasteiger partial charge >= 0.3 is 0 Å². The maximum absolute atomic E-state index is 14.0. The highest BCUT2D eigenvalue weighted by atomic mass is 32.2. The summed E-state index contributed by atoms with van der Waals surface area (Å²) in [6.07, 6.45) is 0. The minimum Gasteiger partial charge on any atom is -0.372 e. The standard InChI is InChI=1S/C16H17F2NO3S/c1-16(22-2,14-8-3-4-9-15(14)18)11-19-23(20,21)13-7-5-6-12(17)10-13/h3-10,19H,11H2,1-2H3. The van der Waals surface area contributed by atoms with Crippen molar-refractivity contribution in [2.75, 3.05) is 13.7 Å². The Morgan fingerprint density at radius 3 is 2.43 bits per heavy atom. The molecule has 1 atom stereocenters. The van der Waals surface area contributed by atoms with Crippen LogP contribution in [0.1, 0.15) is 12.5 Å². The Hall–Kier alpha value is -1.83. The fraction of sp³-hybridized carbons (Fsp3) is 0.250. The van der Waals surface area contributed by atoms with Crippen LogP contribution in [0.15, 0.2) is 53.4 Å². The van der Waals surface area contributed by atoms with E-state index in [-0.39, 0.29) is 17.0 Å². The van der Waals surface area contributed by atoms with Crippen molar-refractivity contribution in [3.63, 3.8) is 0 Å². The van der Waals surface area contributed by atoms with Gasteiger partial charge in [0.25, 0.3) is 0 Å². The summed E-state index contributed by atoms with van der Waals surface area (Å²) < 4.78 is 59.3. The highest BCUT2D eigenvalue weighted by Gasteiger charge is 2.31. The summed E-state index contributed by atoms with van der Waals surface area (Å²) in [4.78, 5) is -0.204. The fourth-order valence-corrected chi connectivity index (χ4v) is 3.28.